The van der Waals surface area contributed by atoms with E-state index in [1.165, 1.54) is 11.8 Å². The lowest BCUT2D eigenvalue weighted by molar-refractivity contribution is 0.0702. The molecule has 0 fully saturated rings. The van der Waals surface area contributed by atoms with Gasteiger partial charge in [-0.2, -0.15) is 5.10 Å². The second-order valence-corrected chi connectivity index (χ2v) is 5.72. The zero-order valence-electron chi connectivity index (χ0n) is 11.6. The number of carboxylic acid groups (broad SMARTS) is 1. The highest BCUT2D eigenvalue weighted by Crippen LogP contribution is 2.16. The molecule has 0 aliphatic carbocycles. The molecule has 0 aliphatic rings. The fourth-order valence-electron chi connectivity index (χ4n) is 1.95. The van der Waals surface area contributed by atoms with Crippen molar-refractivity contribution in [3.05, 3.63) is 69.9 Å². The minimum Gasteiger partial charge on any atom is -0.477 e. The Morgan fingerprint density at radius 3 is 2.77 bits per heavy atom. The average Bonchev–Trinajstić information content (AvgIpc) is 3.15. The zero-order valence-corrected chi connectivity index (χ0v) is 12.4. The molecule has 0 unspecified atom stereocenters. The fourth-order valence-corrected chi connectivity index (χ4v) is 2.61. The van der Waals surface area contributed by atoms with Crippen molar-refractivity contribution < 1.29 is 9.90 Å². The number of carboxylic acids is 1. The first-order valence-corrected chi connectivity index (χ1v) is 7.46. The lowest BCUT2D eigenvalue weighted by Crippen LogP contribution is -1.99. The number of hydrogen-bond donors (Lipinski definition) is 1. The van der Waals surface area contributed by atoms with Crippen LogP contribution in [-0.4, -0.2) is 25.8 Å². The second kappa shape index (κ2) is 6.36. The summed E-state index contributed by atoms with van der Waals surface area (Å²) in [5.74, 6) is -0.951. The van der Waals surface area contributed by atoms with Gasteiger partial charge in [0.15, 0.2) is 0 Å². The molecule has 0 bridgehead atoms. The number of nitrogens with zero attached hydrogens (tertiary/aromatic N) is 3. The molecule has 0 amide bonds. The van der Waals surface area contributed by atoms with Crippen LogP contribution in [0, 0.1) is 0 Å². The molecule has 1 N–H and O–H groups in total. The zero-order chi connectivity index (χ0) is 15.4. The van der Waals surface area contributed by atoms with Crippen molar-refractivity contribution in [1.82, 2.24) is 14.8 Å². The van der Waals surface area contributed by atoms with E-state index < -0.39 is 5.97 Å². The molecular weight excluding hydrogens is 298 g/mol. The summed E-state index contributed by atoms with van der Waals surface area (Å²) < 4.78 is 1.86. The van der Waals surface area contributed by atoms with Crippen molar-refractivity contribution in [1.29, 1.82) is 0 Å². The normalized spacial score (nSPS) is 11.1. The van der Waals surface area contributed by atoms with Gasteiger partial charge in [-0.15, -0.1) is 11.3 Å². The third kappa shape index (κ3) is 3.48. The average molecular weight is 311 g/mol. The smallest absolute Gasteiger partial charge is 0.347 e. The first-order chi connectivity index (χ1) is 10.7. The molecule has 0 saturated carbocycles. The van der Waals surface area contributed by atoms with Gasteiger partial charge in [0.25, 0.3) is 0 Å². The molecule has 2 aromatic heterocycles. The van der Waals surface area contributed by atoms with Crippen molar-refractivity contribution in [2.75, 3.05) is 0 Å². The molecule has 0 radical (unpaired) electrons. The molecular formula is C16H13N3O2S. The van der Waals surface area contributed by atoms with Crippen molar-refractivity contribution in [3.63, 3.8) is 0 Å². The molecule has 0 atom stereocenters. The van der Waals surface area contributed by atoms with E-state index in [1.54, 1.807) is 12.3 Å². The van der Waals surface area contributed by atoms with Crippen molar-refractivity contribution in [2.24, 2.45) is 0 Å². The van der Waals surface area contributed by atoms with Crippen LogP contribution >= 0.6 is 11.3 Å². The number of aromatic nitrogens is 3. The Morgan fingerprint density at radius 2 is 2.05 bits per heavy atom. The topological polar surface area (TPSA) is 68.0 Å². The number of benzene rings is 1. The maximum Gasteiger partial charge on any atom is 0.347 e. The molecule has 0 aliphatic heterocycles. The summed E-state index contributed by atoms with van der Waals surface area (Å²) in [5, 5.41) is 13.8. The van der Waals surface area contributed by atoms with Crippen LogP contribution in [0.5, 0.6) is 0 Å². The van der Waals surface area contributed by atoms with Crippen LogP contribution in [0.1, 0.15) is 25.8 Å². The Bertz CT molecular complexity index is 806. The predicted octanol–water partition coefficient (Wildman–Crippen LogP) is 3.26. The van der Waals surface area contributed by atoms with E-state index in [2.05, 4.69) is 22.2 Å². The highest BCUT2D eigenvalue weighted by Gasteiger charge is 2.06. The standard InChI is InChI=1S/C16H13N3O2S/c20-16(21)14-9-17-15(22-14)7-6-13-8-18-19(11-13)10-12-4-2-1-3-5-12/h1-9,11H,10H2,(H,20,21)/b7-6+. The quantitative estimate of drug-likeness (QED) is 0.785. The predicted molar refractivity (Wildman–Crippen MR) is 85.8 cm³/mol. The summed E-state index contributed by atoms with van der Waals surface area (Å²) in [4.78, 5) is 15.1. The number of carbonyl (C=O) groups is 1. The van der Waals surface area contributed by atoms with Crippen LogP contribution in [0.25, 0.3) is 12.2 Å². The van der Waals surface area contributed by atoms with E-state index in [-0.39, 0.29) is 4.88 Å². The molecule has 1 aromatic carbocycles. The summed E-state index contributed by atoms with van der Waals surface area (Å²) in [7, 11) is 0. The summed E-state index contributed by atoms with van der Waals surface area (Å²) in [5.41, 5.74) is 2.13. The Morgan fingerprint density at radius 1 is 1.23 bits per heavy atom. The molecule has 2 heterocycles. The monoisotopic (exact) mass is 311 g/mol. The lowest BCUT2D eigenvalue weighted by Gasteiger charge is -2.00. The minimum atomic E-state index is -0.951. The Balaban J connectivity index is 1.68. The van der Waals surface area contributed by atoms with Gasteiger partial charge >= 0.3 is 5.97 Å². The van der Waals surface area contributed by atoms with E-state index in [4.69, 9.17) is 5.11 Å². The van der Waals surface area contributed by atoms with E-state index in [0.717, 1.165) is 23.4 Å². The summed E-state index contributed by atoms with van der Waals surface area (Å²) in [6.45, 7) is 0.717. The Labute approximate surface area is 131 Å². The molecule has 0 spiro atoms. The van der Waals surface area contributed by atoms with Gasteiger partial charge in [-0.3, -0.25) is 4.68 Å². The largest absolute Gasteiger partial charge is 0.477 e. The van der Waals surface area contributed by atoms with Crippen LogP contribution in [0.2, 0.25) is 0 Å². The van der Waals surface area contributed by atoms with Crippen LogP contribution in [0.4, 0.5) is 0 Å². The van der Waals surface area contributed by atoms with Crippen LogP contribution < -0.4 is 0 Å². The van der Waals surface area contributed by atoms with Gasteiger partial charge in [0.2, 0.25) is 0 Å². The summed E-state index contributed by atoms with van der Waals surface area (Å²) in [6, 6.07) is 10.1. The number of thiazole rings is 1. The highest BCUT2D eigenvalue weighted by atomic mass is 32.1. The highest BCUT2D eigenvalue weighted by molar-refractivity contribution is 7.14. The van der Waals surface area contributed by atoms with Crippen molar-refractivity contribution in [3.8, 4) is 0 Å². The van der Waals surface area contributed by atoms with Gasteiger partial charge in [0.05, 0.1) is 18.9 Å². The van der Waals surface area contributed by atoms with Gasteiger partial charge in [0, 0.05) is 11.8 Å². The maximum atomic E-state index is 10.8. The van der Waals surface area contributed by atoms with E-state index in [0.29, 0.717) is 5.01 Å². The number of rotatable bonds is 5. The maximum absolute atomic E-state index is 10.8. The van der Waals surface area contributed by atoms with Gasteiger partial charge in [-0.25, -0.2) is 9.78 Å². The molecule has 110 valence electrons. The lowest BCUT2D eigenvalue weighted by atomic mass is 10.2. The number of aromatic carboxylic acids is 1. The fraction of sp³-hybridized carbons (Fsp3) is 0.0625. The Kier molecular flexibility index (Phi) is 4.11. The second-order valence-electron chi connectivity index (χ2n) is 4.66. The molecule has 6 heteroatoms. The SMILES string of the molecule is O=C(O)c1cnc(/C=C/c2cnn(Cc3ccccc3)c2)s1. The van der Waals surface area contributed by atoms with Crippen molar-refractivity contribution in [2.45, 2.75) is 6.54 Å². The third-order valence-electron chi connectivity index (χ3n) is 2.99. The number of hydrogen-bond acceptors (Lipinski definition) is 4. The first kappa shape index (κ1) is 14.2. The van der Waals surface area contributed by atoms with E-state index in [1.807, 2.05) is 35.2 Å². The molecule has 22 heavy (non-hydrogen) atoms. The molecule has 0 saturated heterocycles. The summed E-state index contributed by atoms with van der Waals surface area (Å²) in [6.07, 6.45) is 8.74. The van der Waals surface area contributed by atoms with Crippen LogP contribution in [0.15, 0.2) is 48.9 Å². The van der Waals surface area contributed by atoms with Gasteiger partial charge in [-0.1, -0.05) is 30.3 Å². The molecule has 3 rings (SSSR count). The molecule has 3 aromatic rings. The van der Waals surface area contributed by atoms with Gasteiger partial charge in [0.1, 0.15) is 9.88 Å². The van der Waals surface area contributed by atoms with E-state index >= 15 is 0 Å². The first-order valence-electron chi connectivity index (χ1n) is 6.64. The van der Waals surface area contributed by atoms with Crippen LogP contribution in [-0.2, 0) is 6.54 Å². The van der Waals surface area contributed by atoms with Gasteiger partial charge in [-0.05, 0) is 17.7 Å². The van der Waals surface area contributed by atoms with E-state index in [9.17, 15) is 4.79 Å². The minimum absolute atomic E-state index is 0.236. The van der Waals surface area contributed by atoms with Crippen molar-refractivity contribution >= 4 is 29.5 Å². The Hall–Kier alpha value is -2.73. The van der Waals surface area contributed by atoms with Gasteiger partial charge < -0.3 is 5.11 Å². The van der Waals surface area contributed by atoms with Crippen LogP contribution in [0.3, 0.4) is 0 Å². The molecule has 5 nitrogen and oxygen atoms in total. The summed E-state index contributed by atoms with van der Waals surface area (Å²) >= 11 is 1.14. The third-order valence-corrected chi connectivity index (χ3v) is 3.94.